The van der Waals surface area contributed by atoms with E-state index in [2.05, 4.69) is 20.7 Å². The minimum atomic E-state index is -0.798. The Hall–Kier alpha value is -4.67. The molecule has 0 unspecified atom stereocenters. The van der Waals surface area contributed by atoms with Crippen LogP contribution in [0.15, 0.2) is 54.7 Å². The first-order chi connectivity index (χ1) is 18.5. The summed E-state index contributed by atoms with van der Waals surface area (Å²) < 4.78 is 31.4. The van der Waals surface area contributed by atoms with E-state index in [1.165, 1.54) is 54.0 Å². The van der Waals surface area contributed by atoms with Crippen LogP contribution in [-0.2, 0) is 11.3 Å². The van der Waals surface area contributed by atoms with E-state index in [0.29, 0.717) is 23.6 Å². The number of benzene rings is 2. The molecule has 39 heavy (non-hydrogen) atoms. The first-order valence-electron chi connectivity index (χ1n) is 12.3. The normalized spacial score (nSPS) is 14.1. The fourth-order valence-electron chi connectivity index (χ4n) is 4.49. The third-order valence-corrected chi connectivity index (χ3v) is 6.80. The van der Waals surface area contributed by atoms with E-state index in [9.17, 15) is 18.8 Å². The van der Waals surface area contributed by atoms with Crippen molar-refractivity contribution in [2.75, 3.05) is 11.9 Å². The van der Waals surface area contributed by atoms with Crippen LogP contribution >= 0.6 is 0 Å². The highest BCUT2D eigenvalue weighted by molar-refractivity contribution is 5.96. The number of aromatic nitrogens is 3. The smallest absolute Gasteiger partial charge is 0.254 e. The highest BCUT2D eigenvalue weighted by Gasteiger charge is 2.39. The van der Waals surface area contributed by atoms with Gasteiger partial charge in [-0.25, -0.2) is 18.3 Å². The van der Waals surface area contributed by atoms with Crippen molar-refractivity contribution in [1.82, 2.24) is 24.8 Å². The molecule has 9 nitrogen and oxygen atoms in total. The minimum Gasteiger partial charge on any atom is -0.348 e. The Balaban J connectivity index is 1.34. The van der Waals surface area contributed by atoms with Crippen LogP contribution in [-0.4, -0.2) is 49.3 Å². The predicted octanol–water partition coefficient (Wildman–Crippen LogP) is 4.19. The topological polar surface area (TPSA) is 109 Å². The van der Waals surface area contributed by atoms with Crippen LogP contribution in [0.1, 0.15) is 53.5 Å². The van der Waals surface area contributed by atoms with E-state index in [1.807, 2.05) is 13.8 Å². The lowest BCUT2D eigenvalue weighted by molar-refractivity contribution is -0.114. The predicted molar refractivity (Wildman–Crippen MR) is 140 cm³/mol. The zero-order chi connectivity index (χ0) is 27.9. The molecule has 200 valence electrons. The number of hydrogen-bond donors (Lipinski definition) is 2. The number of likely N-dealkylation sites (tertiary alicyclic amines) is 1. The number of amides is 3. The molecule has 0 atom stereocenters. The molecule has 0 bridgehead atoms. The van der Waals surface area contributed by atoms with Gasteiger partial charge in [0.25, 0.3) is 11.8 Å². The van der Waals surface area contributed by atoms with Gasteiger partial charge in [-0.2, -0.15) is 5.10 Å². The molecule has 3 heterocycles. The summed E-state index contributed by atoms with van der Waals surface area (Å²) in [4.78, 5) is 43.0. The lowest BCUT2D eigenvalue weighted by Gasteiger charge is -2.48. The average molecular weight is 533 g/mol. The highest BCUT2D eigenvalue weighted by atomic mass is 19.1. The monoisotopic (exact) mass is 532 g/mol. The van der Waals surface area contributed by atoms with E-state index in [-0.39, 0.29) is 46.3 Å². The molecule has 1 fully saturated rings. The van der Waals surface area contributed by atoms with Gasteiger partial charge in [0.2, 0.25) is 5.91 Å². The number of hydrogen-bond acceptors (Lipinski definition) is 5. The van der Waals surface area contributed by atoms with Gasteiger partial charge < -0.3 is 15.5 Å². The van der Waals surface area contributed by atoms with Gasteiger partial charge in [-0.15, -0.1) is 0 Å². The van der Waals surface area contributed by atoms with Crippen LogP contribution in [0.3, 0.4) is 0 Å². The molecule has 2 aromatic heterocycles. The summed E-state index contributed by atoms with van der Waals surface area (Å²) in [7, 11) is 0. The Kier molecular flexibility index (Phi) is 6.59. The first kappa shape index (κ1) is 26.0. The largest absolute Gasteiger partial charge is 0.348 e. The molecule has 11 heteroatoms. The molecule has 0 radical (unpaired) electrons. The molecule has 1 saturated heterocycles. The summed E-state index contributed by atoms with van der Waals surface area (Å²) in [5.41, 5.74) is 0.706. The Labute approximate surface area is 222 Å². The molecule has 3 amide bonds. The number of carbonyl (C=O) groups is 3. The van der Waals surface area contributed by atoms with Crippen molar-refractivity contribution in [3.05, 3.63) is 83.1 Å². The number of carbonyl (C=O) groups excluding carboxylic acids is 3. The third kappa shape index (κ3) is 5.07. The maximum absolute atomic E-state index is 15.5. The van der Waals surface area contributed by atoms with Crippen LogP contribution in [0.4, 0.5) is 14.6 Å². The van der Waals surface area contributed by atoms with E-state index in [0.717, 1.165) is 6.42 Å². The molecular weight excluding hydrogens is 506 g/mol. The Morgan fingerprint density at radius 3 is 2.56 bits per heavy atom. The summed E-state index contributed by atoms with van der Waals surface area (Å²) in [6.07, 6.45) is 2.38. The fourth-order valence-corrected chi connectivity index (χ4v) is 4.49. The van der Waals surface area contributed by atoms with Gasteiger partial charge in [-0.05, 0) is 62.7 Å². The van der Waals surface area contributed by atoms with Gasteiger partial charge >= 0.3 is 0 Å². The van der Waals surface area contributed by atoms with Crippen molar-refractivity contribution in [2.24, 2.45) is 0 Å². The Morgan fingerprint density at radius 1 is 1.08 bits per heavy atom. The van der Waals surface area contributed by atoms with Crippen molar-refractivity contribution in [3.63, 3.8) is 0 Å². The van der Waals surface area contributed by atoms with Crippen molar-refractivity contribution >= 4 is 29.2 Å². The number of rotatable bonds is 6. The lowest BCUT2D eigenvalue weighted by atomic mass is 9.88. The number of nitrogens with zero attached hydrogens (tertiary/aromatic N) is 4. The molecule has 5 rings (SSSR count). The summed E-state index contributed by atoms with van der Waals surface area (Å²) in [6, 6.07) is 11.5. The van der Waals surface area contributed by atoms with Gasteiger partial charge in [0, 0.05) is 42.2 Å². The molecule has 0 spiro atoms. The number of anilines is 1. The van der Waals surface area contributed by atoms with E-state index in [1.54, 1.807) is 17.0 Å². The molecule has 0 aliphatic carbocycles. The maximum Gasteiger partial charge on any atom is 0.254 e. The second-order valence-electron chi connectivity index (χ2n) is 10.0. The molecule has 2 N–H and O–H groups in total. The summed E-state index contributed by atoms with van der Waals surface area (Å²) in [5, 5.41) is 9.45. The zero-order valence-electron chi connectivity index (χ0n) is 21.6. The van der Waals surface area contributed by atoms with Crippen molar-refractivity contribution < 1.29 is 23.2 Å². The standard InChI is InChI=1S/C28H26F2N6O3/c1-16(37)32-23-15-36-24(33-23)10-9-22(34-36)19-5-4-6-20(25(19)30)26(38)31-14-18-13-17(7-8-21(18)29)27(39)35-12-11-28(35,2)3/h4-10,13,15H,11-12,14H2,1-3H3,(H,31,38)(H,32,37). The summed E-state index contributed by atoms with van der Waals surface area (Å²) in [6.45, 7) is 5.68. The van der Waals surface area contributed by atoms with Crippen molar-refractivity contribution in [1.29, 1.82) is 0 Å². The SMILES string of the molecule is CC(=O)Nc1cn2nc(-c3cccc(C(=O)NCc4cc(C(=O)N5CCC5(C)C)ccc4F)c3F)ccc2n1. The highest BCUT2D eigenvalue weighted by Crippen LogP contribution is 2.31. The molecule has 4 aromatic rings. The van der Waals surface area contributed by atoms with Crippen molar-refractivity contribution in [2.45, 2.75) is 39.3 Å². The van der Waals surface area contributed by atoms with E-state index in [4.69, 9.17) is 0 Å². The van der Waals surface area contributed by atoms with Crippen LogP contribution < -0.4 is 10.6 Å². The van der Waals surface area contributed by atoms with Gasteiger partial charge in [0.1, 0.15) is 11.6 Å². The molecule has 1 aliphatic heterocycles. The molecule has 0 saturated carbocycles. The number of nitrogens with one attached hydrogen (secondary N) is 2. The number of halogens is 2. The van der Waals surface area contributed by atoms with Crippen LogP contribution in [0.2, 0.25) is 0 Å². The van der Waals surface area contributed by atoms with Crippen molar-refractivity contribution in [3.8, 4) is 11.3 Å². The maximum atomic E-state index is 15.5. The van der Waals surface area contributed by atoms with E-state index < -0.39 is 17.5 Å². The second kappa shape index (κ2) is 9.90. The number of fused-ring (bicyclic) bond motifs is 1. The molecular formula is C28H26F2N6O3. The van der Waals surface area contributed by atoms with Crippen LogP contribution in [0, 0.1) is 11.6 Å². The second-order valence-corrected chi connectivity index (χ2v) is 10.0. The number of imidazole rings is 1. The van der Waals surface area contributed by atoms with Crippen LogP contribution in [0.25, 0.3) is 16.9 Å². The van der Waals surface area contributed by atoms with E-state index >= 15 is 4.39 Å². The third-order valence-electron chi connectivity index (χ3n) is 6.80. The minimum absolute atomic E-state index is 0.0789. The van der Waals surface area contributed by atoms with Gasteiger partial charge in [0.05, 0.1) is 17.5 Å². The summed E-state index contributed by atoms with van der Waals surface area (Å²) in [5.74, 6) is -2.32. The molecule has 2 aromatic carbocycles. The average Bonchev–Trinajstić information content (AvgIpc) is 3.28. The van der Waals surface area contributed by atoms with Gasteiger partial charge in [0.15, 0.2) is 11.5 Å². The Morgan fingerprint density at radius 2 is 1.87 bits per heavy atom. The van der Waals surface area contributed by atoms with Crippen LogP contribution in [0.5, 0.6) is 0 Å². The zero-order valence-corrected chi connectivity index (χ0v) is 21.6. The van der Waals surface area contributed by atoms with Gasteiger partial charge in [-0.1, -0.05) is 6.07 Å². The Bertz CT molecular complexity index is 1630. The van der Waals surface area contributed by atoms with Gasteiger partial charge in [-0.3, -0.25) is 14.4 Å². The lowest BCUT2D eigenvalue weighted by Crippen LogP contribution is -2.58. The summed E-state index contributed by atoms with van der Waals surface area (Å²) >= 11 is 0. The molecule has 1 aliphatic rings. The fraction of sp³-hybridized carbons (Fsp3) is 0.250. The first-order valence-corrected chi connectivity index (χ1v) is 12.3. The quantitative estimate of drug-likeness (QED) is 0.387.